The summed E-state index contributed by atoms with van der Waals surface area (Å²) in [5, 5.41) is 1.46. The van der Waals surface area contributed by atoms with Gasteiger partial charge < -0.3 is 4.84 Å². The van der Waals surface area contributed by atoms with Gasteiger partial charge in [-0.2, -0.15) is 0 Å². The number of hydroxylamine groups is 2. The van der Waals surface area contributed by atoms with Gasteiger partial charge in [-0.05, 0) is 6.42 Å². The maximum absolute atomic E-state index is 11.3. The van der Waals surface area contributed by atoms with E-state index in [4.69, 9.17) is 4.84 Å². The van der Waals surface area contributed by atoms with Crippen LogP contribution in [0, 0.1) is 0 Å². The fourth-order valence-corrected chi connectivity index (χ4v) is 2.36. The summed E-state index contributed by atoms with van der Waals surface area (Å²) in [6.07, 6.45) is 16.4. The SMILES string of the molecule is CCCCCCCCCCCCCCC(=O)ON(C)C. The standard InChI is InChI=1S/C17H35NO2/c1-4-5-6-7-8-9-10-11-12-13-14-15-16-17(19)20-18(2)3/h4-16H2,1-3H3. The van der Waals surface area contributed by atoms with Gasteiger partial charge in [0, 0.05) is 20.5 Å². The van der Waals surface area contributed by atoms with Crippen molar-refractivity contribution in [3.8, 4) is 0 Å². The first kappa shape index (κ1) is 19.4. The predicted octanol–water partition coefficient (Wildman–Crippen LogP) is 5.10. The Labute approximate surface area is 126 Å². The van der Waals surface area contributed by atoms with Crippen LogP contribution in [0.2, 0.25) is 0 Å². The molecule has 0 bridgehead atoms. The molecule has 0 aliphatic carbocycles. The van der Waals surface area contributed by atoms with Crippen LogP contribution in [0.5, 0.6) is 0 Å². The molecule has 3 heteroatoms. The van der Waals surface area contributed by atoms with E-state index < -0.39 is 0 Å². The molecule has 0 aromatic heterocycles. The van der Waals surface area contributed by atoms with Gasteiger partial charge in [0.25, 0.3) is 0 Å². The molecule has 0 aromatic carbocycles. The first-order valence-corrected chi connectivity index (χ1v) is 8.55. The molecule has 0 amide bonds. The van der Waals surface area contributed by atoms with Gasteiger partial charge in [0.2, 0.25) is 0 Å². The van der Waals surface area contributed by atoms with Gasteiger partial charge in [-0.3, -0.25) is 4.79 Å². The fourth-order valence-electron chi connectivity index (χ4n) is 2.36. The number of carbonyl (C=O) groups excluding carboxylic acids is 1. The first-order chi connectivity index (χ1) is 9.66. The van der Waals surface area contributed by atoms with Gasteiger partial charge in [-0.15, -0.1) is 5.06 Å². The predicted molar refractivity (Wildman–Crippen MR) is 85.5 cm³/mol. The third-order valence-electron chi connectivity index (χ3n) is 3.52. The number of unbranched alkanes of at least 4 members (excludes halogenated alkanes) is 11. The van der Waals surface area contributed by atoms with Crippen molar-refractivity contribution >= 4 is 5.97 Å². The van der Waals surface area contributed by atoms with E-state index in [1.807, 2.05) is 0 Å². The molecule has 0 aliphatic rings. The maximum Gasteiger partial charge on any atom is 0.325 e. The van der Waals surface area contributed by atoms with E-state index in [-0.39, 0.29) is 5.97 Å². The van der Waals surface area contributed by atoms with E-state index >= 15 is 0 Å². The smallest absolute Gasteiger partial charge is 0.325 e. The number of carbonyl (C=O) groups is 1. The van der Waals surface area contributed by atoms with Crippen molar-refractivity contribution in [2.45, 2.75) is 90.4 Å². The topological polar surface area (TPSA) is 29.5 Å². The third kappa shape index (κ3) is 15.5. The molecule has 20 heavy (non-hydrogen) atoms. The quantitative estimate of drug-likeness (QED) is 0.328. The molecule has 0 aromatic rings. The molecule has 0 aliphatic heterocycles. The van der Waals surface area contributed by atoms with Gasteiger partial charge in [-0.1, -0.05) is 77.6 Å². The van der Waals surface area contributed by atoms with Crippen LogP contribution >= 0.6 is 0 Å². The van der Waals surface area contributed by atoms with Gasteiger partial charge in [-0.25, -0.2) is 0 Å². The third-order valence-corrected chi connectivity index (χ3v) is 3.52. The van der Waals surface area contributed by atoms with Crippen LogP contribution in [-0.4, -0.2) is 25.1 Å². The van der Waals surface area contributed by atoms with Gasteiger partial charge in [0.05, 0.1) is 0 Å². The Balaban J connectivity index is 3.08. The number of nitrogens with zero attached hydrogens (tertiary/aromatic N) is 1. The molecule has 0 saturated heterocycles. The van der Waals surface area contributed by atoms with Gasteiger partial charge >= 0.3 is 5.97 Å². The minimum Gasteiger partial charge on any atom is -0.369 e. The summed E-state index contributed by atoms with van der Waals surface area (Å²) in [6, 6.07) is 0. The average molecular weight is 285 g/mol. The normalized spacial score (nSPS) is 11.0. The van der Waals surface area contributed by atoms with E-state index in [0.29, 0.717) is 6.42 Å². The Morgan fingerprint density at radius 3 is 1.55 bits per heavy atom. The Hall–Kier alpha value is -0.570. The number of rotatable bonds is 14. The second-order valence-corrected chi connectivity index (χ2v) is 5.91. The molecule has 0 radical (unpaired) electrons. The monoisotopic (exact) mass is 285 g/mol. The Morgan fingerprint density at radius 1 is 0.750 bits per heavy atom. The first-order valence-electron chi connectivity index (χ1n) is 8.55. The number of hydrogen-bond donors (Lipinski definition) is 0. The lowest BCUT2D eigenvalue weighted by atomic mass is 10.0. The van der Waals surface area contributed by atoms with E-state index in [9.17, 15) is 4.79 Å². The van der Waals surface area contributed by atoms with Crippen LogP contribution in [0.4, 0.5) is 0 Å². The maximum atomic E-state index is 11.3. The summed E-state index contributed by atoms with van der Waals surface area (Å²) in [7, 11) is 3.47. The molecular weight excluding hydrogens is 250 g/mol. The molecule has 120 valence electrons. The zero-order chi connectivity index (χ0) is 15.1. The summed E-state index contributed by atoms with van der Waals surface area (Å²) < 4.78 is 0. The van der Waals surface area contributed by atoms with Crippen LogP contribution in [0.1, 0.15) is 90.4 Å². The molecule has 0 heterocycles. The fraction of sp³-hybridized carbons (Fsp3) is 0.941. The molecule has 0 saturated carbocycles. The lowest BCUT2D eigenvalue weighted by Gasteiger charge is -2.09. The summed E-state index contributed by atoms with van der Waals surface area (Å²) >= 11 is 0. The van der Waals surface area contributed by atoms with Gasteiger partial charge in [0.15, 0.2) is 0 Å². The second kappa shape index (κ2) is 14.8. The molecular formula is C17H35NO2. The van der Waals surface area contributed by atoms with Crippen molar-refractivity contribution < 1.29 is 9.63 Å². The summed E-state index contributed by atoms with van der Waals surface area (Å²) in [6.45, 7) is 2.26. The summed E-state index contributed by atoms with van der Waals surface area (Å²) in [5.41, 5.74) is 0. The zero-order valence-electron chi connectivity index (χ0n) is 14.0. The van der Waals surface area contributed by atoms with E-state index in [1.165, 1.54) is 69.3 Å². The Bertz CT molecular complexity index is 217. The summed E-state index contributed by atoms with van der Waals surface area (Å²) in [4.78, 5) is 16.2. The van der Waals surface area contributed by atoms with Crippen molar-refractivity contribution in [1.82, 2.24) is 5.06 Å². The highest BCUT2D eigenvalue weighted by Gasteiger charge is 2.03. The highest BCUT2D eigenvalue weighted by Crippen LogP contribution is 2.12. The summed E-state index contributed by atoms with van der Waals surface area (Å²) in [5.74, 6) is -0.109. The molecule has 3 nitrogen and oxygen atoms in total. The van der Waals surface area contributed by atoms with E-state index in [0.717, 1.165) is 12.8 Å². The minimum absolute atomic E-state index is 0.109. The lowest BCUT2D eigenvalue weighted by Crippen LogP contribution is -2.18. The molecule has 0 unspecified atom stereocenters. The van der Waals surface area contributed by atoms with Crippen LogP contribution in [0.3, 0.4) is 0 Å². The highest BCUT2D eigenvalue weighted by atomic mass is 16.7. The minimum atomic E-state index is -0.109. The van der Waals surface area contributed by atoms with Crippen LogP contribution in [0.15, 0.2) is 0 Å². The van der Waals surface area contributed by atoms with Crippen LogP contribution < -0.4 is 0 Å². The molecule has 0 fully saturated rings. The molecule has 0 N–H and O–H groups in total. The lowest BCUT2D eigenvalue weighted by molar-refractivity contribution is -0.178. The molecule has 0 rings (SSSR count). The van der Waals surface area contributed by atoms with Crippen molar-refractivity contribution in [3.05, 3.63) is 0 Å². The van der Waals surface area contributed by atoms with E-state index in [2.05, 4.69) is 6.92 Å². The molecule has 0 spiro atoms. The molecule has 0 atom stereocenters. The van der Waals surface area contributed by atoms with Crippen molar-refractivity contribution in [3.63, 3.8) is 0 Å². The van der Waals surface area contributed by atoms with Crippen LogP contribution in [-0.2, 0) is 9.63 Å². The Kier molecular flexibility index (Phi) is 14.4. The Morgan fingerprint density at radius 2 is 1.15 bits per heavy atom. The largest absolute Gasteiger partial charge is 0.369 e. The second-order valence-electron chi connectivity index (χ2n) is 5.91. The zero-order valence-corrected chi connectivity index (χ0v) is 14.0. The highest BCUT2D eigenvalue weighted by molar-refractivity contribution is 5.68. The number of hydrogen-bond acceptors (Lipinski definition) is 3. The van der Waals surface area contributed by atoms with Crippen molar-refractivity contribution in [2.24, 2.45) is 0 Å². The average Bonchev–Trinajstić information content (AvgIpc) is 2.39. The van der Waals surface area contributed by atoms with Crippen molar-refractivity contribution in [2.75, 3.05) is 14.1 Å². The van der Waals surface area contributed by atoms with E-state index in [1.54, 1.807) is 14.1 Å². The van der Waals surface area contributed by atoms with Crippen LogP contribution in [0.25, 0.3) is 0 Å². The van der Waals surface area contributed by atoms with Gasteiger partial charge in [0.1, 0.15) is 0 Å². The van der Waals surface area contributed by atoms with Crippen molar-refractivity contribution in [1.29, 1.82) is 0 Å².